The number of hydrogen-bond donors (Lipinski definition) is 1. The zero-order valence-corrected chi connectivity index (χ0v) is 12.7. The predicted molar refractivity (Wildman–Crippen MR) is 83.7 cm³/mol. The number of aromatic nitrogens is 2. The average molecular weight is 274 g/mol. The summed E-state index contributed by atoms with van der Waals surface area (Å²) >= 11 is 0. The van der Waals surface area contributed by atoms with Crippen molar-refractivity contribution < 1.29 is 5.11 Å². The van der Waals surface area contributed by atoms with E-state index >= 15 is 0 Å². The van der Waals surface area contributed by atoms with E-state index in [1.807, 2.05) is 18.2 Å². The second kappa shape index (κ2) is 7.44. The lowest BCUT2D eigenvalue weighted by Gasteiger charge is -2.10. The van der Waals surface area contributed by atoms with E-state index in [-0.39, 0.29) is 0 Å². The van der Waals surface area contributed by atoms with Gasteiger partial charge in [-0.25, -0.2) is 4.98 Å². The second-order valence-electron chi connectivity index (χ2n) is 5.55. The van der Waals surface area contributed by atoms with Gasteiger partial charge in [-0.3, -0.25) is 0 Å². The smallest absolute Gasteiger partial charge is 0.138 e. The van der Waals surface area contributed by atoms with E-state index in [0.717, 1.165) is 29.8 Å². The largest absolute Gasteiger partial charge is 0.385 e. The summed E-state index contributed by atoms with van der Waals surface area (Å²) in [7, 11) is 0. The maximum absolute atomic E-state index is 9.89. The molecule has 20 heavy (non-hydrogen) atoms. The van der Waals surface area contributed by atoms with E-state index in [0.29, 0.717) is 0 Å². The molecule has 1 atom stereocenters. The molecule has 0 saturated heterocycles. The zero-order valence-electron chi connectivity index (χ0n) is 12.7. The highest BCUT2D eigenvalue weighted by molar-refractivity contribution is 5.75. The van der Waals surface area contributed by atoms with Gasteiger partial charge < -0.3 is 9.67 Å². The highest BCUT2D eigenvalue weighted by atomic mass is 16.3. The quantitative estimate of drug-likeness (QED) is 0.722. The van der Waals surface area contributed by atoms with Gasteiger partial charge >= 0.3 is 0 Å². The number of imidazole rings is 1. The average Bonchev–Trinajstić information content (AvgIpc) is 2.82. The van der Waals surface area contributed by atoms with Crippen LogP contribution in [0.1, 0.15) is 64.3 Å². The van der Waals surface area contributed by atoms with Crippen LogP contribution >= 0.6 is 0 Å². The summed E-state index contributed by atoms with van der Waals surface area (Å²) in [5, 5.41) is 9.89. The topological polar surface area (TPSA) is 38.0 Å². The summed E-state index contributed by atoms with van der Waals surface area (Å²) in [5.41, 5.74) is 2.12. The minimum Gasteiger partial charge on any atom is -0.385 e. The van der Waals surface area contributed by atoms with Crippen LogP contribution in [-0.2, 0) is 6.54 Å². The van der Waals surface area contributed by atoms with Crippen molar-refractivity contribution in [2.75, 3.05) is 0 Å². The Balaban J connectivity index is 2.02. The fraction of sp³-hybridized carbons (Fsp3) is 0.588. The molecule has 3 nitrogen and oxygen atoms in total. The van der Waals surface area contributed by atoms with E-state index in [9.17, 15) is 5.11 Å². The number of nitrogens with zero attached hydrogens (tertiary/aromatic N) is 2. The van der Waals surface area contributed by atoms with E-state index in [1.165, 1.54) is 32.1 Å². The molecule has 0 aliphatic rings. The van der Waals surface area contributed by atoms with Crippen molar-refractivity contribution in [3.8, 4) is 0 Å². The molecule has 3 heteroatoms. The van der Waals surface area contributed by atoms with Crippen molar-refractivity contribution in [2.24, 2.45) is 0 Å². The summed E-state index contributed by atoms with van der Waals surface area (Å²) in [5.74, 6) is 0.791. The fourth-order valence-electron chi connectivity index (χ4n) is 2.70. The van der Waals surface area contributed by atoms with Crippen LogP contribution < -0.4 is 0 Å². The molecule has 0 aliphatic carbocycles. The molecule has 2 aromatic rings. The van der Waals surface area contributed by atoms with Gasteiger partial charge in [0, 0.05) is 6.54 Å². The van der Waals surface area contributed by atoms with Crippen LogP contribution in [0, 0.1) is 0 Å². The SMILES string of the molecule is CCCCCCCCn1c([C@@H](C)O)nc2ccccc21. The Morgan fingerprint density at radius 1 is 1.10 bits per heavy atom. The van der Waals surface area contributed by atoms with Gasteiger partial charge in [-0.1, -0.05) is 51.2 Å². The summed E-state index contributed by atoms with van der Waals surface area (Å²) < 4.78 is 2.18. The fourth-order valence-corrected chi connectivity index (χ4v) is 2.70. The zero-order chi connectivity index (χ0) is 14.4. The van der Waals surface area contributed by atoms with Crippen LogP contribution in [0.2, 0.25) is 0 Å². The first-order chi connectivity index (χ1) is 9.74. The number of aryl methyl sites for hydroxylation is 1. The molecule has 0 radical (unpaired) electrons. The van der Waals surface area contributed by atoms with Gasteiger partial charge in [0.2, 0.25) is 0 Å². The summed E-state index contributed by atoms with van der Waals surface area (Å²) in [4.78, 5) is 4.55. The molecule has 2 rings (SSSR count). The molecule has 0 unspecified atom stereocenters. The molecule has 0 fully saturated rings. The van der Waals surface area contributed by atoms with Gasteiger partial charge in [-0.05, 0) is 25.5 Å². The highest BCUT2D eigenvalue weighted by Gasteiger charge is 2.13. The van der Waals surface area contributed by atoms with E-state index < -0.39 is 6.10 Å². The number of para-hydroxylation sites is 2. The molecule has 0 amide bonds. The highest BCUT2D eigenvalue weighted by Crippen LogP contribution is 2.21. The number of fused-ring (bicyclic) bond motifs is 1. The summed E-state index contributed by atoms with van der Waals surface area (Å²) in [6.07, 6.45) is 7.18. The van der Waals surface area contributed by atoms with Crippen LogP contribution in [0.25, 0.3) is 11.0 Å². The lowest BCUT2D eigenvalue weighted by atomic mass is 10.1. The first-order valence-corrected chi connectivity index (χ1v) is 7.87. The minimum atomic E-state index is -0.512. The van der Waals surface area contributed by atoms with Gasteiger partial charge in [-0.15, -0.1) is 0 Å². The predicted octanol–water partition coefficient (Wildman–Crippen LogP) is 4.45. The first kappa shape index (κ1) is 15.0. The lowest BCUT2D eigenvalue weighted by Crippen LogP contribution is -2.07. The van der Waals surface area contributed by atoms with Gasteiger partial charge in [0.05, 0.1) is 11.0 Å². The molecule has 0 aliphatic heterocycles. The molecule has 0 saturated carbocycles. The monoisotopic (exact) mass is 274 g/mol. The second-order valence-corrected chi connectivity index (χ2v) is 5.55. The number of rotatable bonds is 8. The summed E-state index contributed by atoms with van der Waals surface area (Å²) in [6, 6.07) is 8.13. The van der Waals surface area contributed by atoms with Gasteiger partial charge in [-0.2, -0.15) is 0 Å². The Morgan fingerprint density at radius 3 is 2.55 bits per heavy atom. The van der Waals surface area contributed by atoms with Gasteiger partial charge in [0.1, 0.15) is 11.9 Å². The van der Waals surface area contributed by atoms with E-state index in [1.54, 1.807) is 6.92 Å². The Hall–Kier alpha value is -1.35. The normalized spacial score (nSPS) is 12.9. The molecule has 1 aromatic carbocycles. The standard InChI is InChI=1S/C17H26N2O/c1-3-4-5-6-7-10-13-19-16-12-9-8-11-15(16)18-17(19)14(2)20/h8-9,11-12,14,20H,3-7,10,13H2,1-2H3/t14-/m1/s1. The van der Waals surface area contributed by atoms with E-state index in [2.05, 4.69) is 22.5 Å². The number of aliphatic hydroxyl groups excluding tert-OH is 1. The van der Waals surface area contributed by atoms with E-state index in [4.69, 9.17) is 0 Å². The lowest BCUT2D eigenvalue weighted by molar-refractivity contribution is 0.184. The van der Waals surface area contributed by atoms with Crippen LogP contribution in [-0.4, -0.2) is 14.7 Å². The van der Waals surface area contributed by atoms with Crippen LogP contribution in [0.15, 0.2) is 24.3 Å². The molecule has 1 heterocycles. The molecule has 1 aromatic heterocycles. The van der Waals surface area contributed by atoms with Crippen molar-refractivity contribution in [1.82, 2.24) is 9.55 Å². The molecular weight excluding hydrogens is 248 g/mol. The Morgan fingerprint density at radius 2 is 1.80 bits per heavy atom. The van der Waals surface area contributed by atoms with Gasteiger partial charge in [0.25, 0.3) is 0 Å². The third-order valence-electron chi connectivity index (χ3n) is 3.79. The molecule has 110 valence electrons. The minimum absolute atomic E-state index is 0.512. The third kappa shape index (κ3) is 3.60. The Kier molecular flexibility index (Phi) is 5.60. The number of unbranched alkanes of at least 4 members (excludes halogenated alkanes) is 5. The number of benzene rings is 1. The Labute approximate surface area is 121 Å². The number of hydrogen-bond acceptors (Lipinski definition) is 2. The first-order valence-electron chi connectivity index (χ1n) is 7.87. The van der Waals surface area contributed by atoms with Crippen molar-refractivity contribution in [3.05, 3.63) is 30.1 Å². The van der Waals surface area contributed by atoms with Crippen molar-refractivity contribution in [2.45, 2.75) is 65.0 Å². The molecule has 0 spiro atoms. The maximum Gasteiger partial charge on any atom is 0.138 e. The molecule has 0 bridgehead atoms. The molecular formula is C17H26N2O. The van der Waals surface area contributed by atoms with Crippen molar-refractivity contribution in [3.63, 3.8) is 0 Å². The van der Waals surface area contributed by atoms with Crippen LogP contribution in [0.5, 0.6) is 0 Å². The summed E-state index contributed by atoms with van der Waals surface area (Å²) in [6.45, 7) is 4.98. The van der Waals surface area contributed by atoms with Crippen molar-refractivity contribution >= 4 is 11.0 Å². The van der Waals surface area contributed by atoms with Crippen LogP contribution in [0.3, 0.4) is 0 Å². The number of aliphatic hydroxyl groups is 1. The molecule has 1 N–H and O–H groups in total. The van der Waals surface area contributed by atoms with Crippen LogP contribution in [0.4, 0.5) is 0 Å². The maximum atomic E-state index is 9.89. The van der Waals surface area contributed by atoms with Gasteiger partial charge in [0.15, 0.2) is 0 Å². The van der Waals surface area contributed by atoms with Crippen molar-refractivity contribution in [1.29, 1.82) is 0 Å². The third-order valence-corrected chi connectivity index (χ3v) is 3.79. The Bertz CT molecular complexity index is 531.